The molecule has 0 unspecified atom stereocenters. The summed E-state index contributed by atoms with van der Waals surface area (Å²) >= 11 is 0. The van der Waals surface area contributed by atoms with E-state index >= 15 is 0 Å². The number of nitrogens with zero attached hydrogens (tertiary/aromatic N) is 3. The van der Waals surface area contributed by atoms with Gasteiger partial charge >= 0.3 is 0 Å². The maximum atomic E-state index is 14.6. The van der Waals surface area contributed by atoms with Gasteiger partial charge in [0.2, 0.25) is 11.5 Å². The first-order valence-electron chi connectivity index (χ1n) is 13.1. The molecule has 1 N–H and O–H groups in total. The number of benzene rings is 3. The first kappa shape index (κ1) is 26.8. The van der Waals surface area contributed by atoms with Gasteiger partial charge in [-0.25, -0.2) is 8.78 Å². The highest BCUT2D eigenvalue weighted by Gasteiger charge is 2.41. The Kier molecular flexibility index (Phi) is 7.47. The first-order valence-corrected chi connectivity index (χ1v) is 13.1. The van der Waals surface area contributed by atoms with E-state index in [1.165, 1.54) is 6.07 Å². The van der Waals surface area contributed by atoms with Crippen molar-refractivity contribution in [1.29, 1.82) is 5.26 Å². The van der Waals surface area contributed by atoms with Crippen LogP contribution in [0.15, 0.2) is 72.0 Å². The van der Waals surface area contributed by atoms with Crippen LogP contribution in [0.1, 0.15) is 37.3 Å². The minimum absolute atomic E-state index is 0.0824. The van der Waals surface area contributed by atoms with Gasteiger partial charge < -0.3 is 14.7 Å². The molecule has 3 aromatic rings. The lowest BCUT2D eigenvalue weighted by atomic mass is 9.80. The standard InChI is InChI=1S/C32H27F2N3O3/c1-3-4-15-36-19-25(24-18-23(40-2)11-13-27(24)36)30-31(38)29(32(30)39)20-6-9-22(10-7-20)37(16-5-14-35)28-12-8-21(33)17-26(28)34/h6-13,17-19H,3-5,15-16H2,1-2H3/p+1. The minimum atomic E-state index is -0.745. The van der Waals surface area contributed by atoms with E-state index in [9.17, 15) is 18.7 Å². The lowest BCUT2D eigenvalue weighted by Gasteiger charge is -2.26. The lowest BCUT2D eigenvalue weighted by molar-refractivity contribution is -0.432. The third-order valence-electron chi connectivity index (χ3n) is 7.15. The van der Waals surface area contributed by atoms with Crippen LogP contribution in [0.2, 0.25) is 0 Å². The van der Waals surface area contributed by atoms with Crippen molar-refractivity contribution in [2.45, 2.75) is 26.2 Å². The Hall–Kier alpha value is -4.77. The van der Waals surface area contributed by atoms with Gasteiger partial charge in [-0.05, 0) is 42.0 Å². The number of nitriles is 1. The average molecular weight is 541 g/mol. The van der Waals surface area contributed by atoms with Gasteiger partial charge in [0.25, 0.3) is 0 Å². The van der Waals surface area contributed by atoms with E-state index in [0.29, 0.717) is 22.6 Å². The number of rotatable bonds is 9. The summed E-state index contributed by atoms with van der Waals surface area (Å²) in [5, 5.41) is 20.2. The lowest BCUT2D eigenvalue weighted by Crippen LogP contribution is -2.23. The van der Waals surface area contributed by atoms with Crippen molar-refractivity contribution in [3.63, 3.8) is 0 Å². The Morgan fingerprint density at radius 3 is 2.48 bits per heavy atom. The van der Waals surface area contributed by atoms with Crippen LogP contribution < -0.4 is 9.64 Å². The van der Waals surface area contributed by atoms with E-state index in [1.54, 1.807) is 36.3 Å². The maximum Gasteiger partial charge on any atom is 0.213 e. The zero-order valence-electron chi connectivity index (χ0n) is 22.2. The molecule has 0 fully saturated rings. The van der Waals surface area contributed by atoms with Gasteiger partial charge in [0.15, 0.2) is 6.21 Å². The molecule has 0 atom stereocenters. The fraction of sp³-hybridized carbons (Fsp3) is 0.219. The molecule has 0 saturated heterocycles. The van der Waals surface area contributed by atoms with Crippen molar-refractivity contribution < 1.29 is 28.0 Å². The molecule has 6 nitrogen and oxygen atoms in total. The zero-order valence-corrected chi connectivity index (χ0v) is 22.2. The molecule has 1 heterocycles. The third-order valence-corrected chi connectivity index (χ3v) is 7.15. The summed E-state index contributed by atoms with van der Waals surface area (Å²) < 4.78 is 35.5. The quantitative estimate of drug-likeness (QED) is 0.237. The molecule has 8 heteroatoms. The number of hydrogen-bond acceptors (Lipinski definition) is 5. The third kappa shape index (κ3) is 4.75. The molecule has 2 aliphatic rings. The van der Waals surface area contributed by atoms with Crippen LogP contribution in [-0.4, -0.2) is 41.9 Å². The number of allylic oxidation sites excluding steroid dienone is 3. The second-order valence-electron chi connectivity index (χ2n) is 9.60. The molecule has 0 radical (unpaired) electrons. The van der Waals surface area contributed by atoms with Crippen LogP contribution in [-0.2, 0) is 4.79 Å². The fourth-order valence-electron chi connectivity index (χ4n) is 5.09. The molecule has 1 aliphatic heterocycles. The van der Waals surface area contributed by atoms with Gasteiger partial charge in [0, 0.05) is 30.8 Å². The van der Waals surface area contributed by atoms with Gasteiger partial charge in [-0.15, -0.1) is 0 Å². The molecular formula is C32H28F2N3O3+. The van der Waals surface area contributed by atoms with Crippen molar-refractivity contribution in [2.75, 3.05) is 25.1 Å². The average Bonchev–Trinajstić information content (AvgIpc) is 3.30. The fourth-order valence-corrected chi connectivity index (χ4v) is 5.09. The van der Waals surface area contributed by atoms with Crippen LogP contribution >= 0.6 is 0 Å². The topological polar surface area (TPSA) is 76.6 Å². The number of aliphatic hydroxyl groups excluding tert-OH is 1. The summed E-state index contributed by atoms with van der Waals surface area (Å²) in [6.45, 7) is 3.09. The van der Waals surface area contributed by atoms with Crippen molar-refractivity contribution in [2.24, 2.45) is 0 Å². The Morgan fingerprint density at radius 2 is 1.82 bits per heavy atom. The van der Waals surface area contributed by atoms with E-state index in [2.05, 4.69) is 11.5 Å². The van der Waals surface area contributed by atoms with Gasteiger partial charge in [-0.1, -0.05) is 25.5 Å². The molecule has 0 amide bonds. The summed E-state index contributed by atoms with van der Waals surface area (Å²) in [4.78, 5) is 15.0. The number of halogens is 2. The first-order chi connectivity index (χ1) is 19.4. The summed E-state index contributed by atoms with van der Waals surface area (Å²) in [7, 11) is 1.58. The van der Waals surface area contributed by atoms with Gasteiger partial charge in [-0.3, -0.25) is 4.79 Å². The highest BCUT2D eigenvalue weighted by Crippen LogP contribution is 2.44. The van der Waals surface area contributed by atoms with E-state index in [1.807, 2.05) is 30.5 Å². The number of unbranched alkanes of at least 4 members (excludes halogenated alkanes) is 1. The second-order valence-corrected chi connectivity index (χ2v) is 9.60. The Bertz CT molecular complexity index is 1630. The van der Waals surface area contributed by atoms with Crippen LogP contribution in [0.4, 0.5) is 25.8 Å². The number of carbonyl (C=O) groups is 1. The monoisotopic (exact) mass is 540 g/mol. The van der Waals surface area contributed by atoms with E-state index < -0.39 is 11.6 Å². The number of carbonyl (C=O) groups excluding carboxylic acids is 1. The van der Waals surface area contributed by atoms with Gasteiger partial charge in [-0.2, -0.15) is 9.84 Å². The summed E-state index contributed by atoms with van der Waals surface area (Å²) in [5.41, 5.74) is 4.12. The number of methoxy groups -OCH3 is 1. The predicted molar refractivity (Wildman–Crippen MR) is 150 cm³/mol. The Labute approximate surface area is 231 Å². The minimum Gasteiger partial charge on any atom is -0.506 e. The summed E-state index contributed by atoms with van der Waals surface area (Å²) in [5.74, 6) is -1.13. The number of ether oxygens (including phenoxy) is 1. The number of Topliss-reactive ketones (excluding diaryl/α,β-unsaturated/α-hetero) is 1. The molecule has 0 saturated carbocycles. The molecule has 0 aromatic heterocycles. The smallest absolute Gasteiger partial charge is 0.213 e. The Morgan fingerprint density at radius 1 is 1.05 bits per heavy atom. The maximum absolute atomic E-state index is 14.6. The highest BCUT2D eigenvalue weighted by molar-refractivity contribution is 6.44. The number of aliphatic hydroxyl groups is 1. The molecule has 40 heavy (non-hydrogen) atoms. The molecule has 3 aromatic carbocycles. The molecule has 1 aliphatic carbocycles. The number of ketones is 1. The van der Waals surface area contributed by atoms with E-state index in [4.69, 9.17) is 10.00 Å². The normalized spacial score (nSPS) is 15.9. The number of fused-ring (bicyclic) bond motifs is 1. The molecule has 0 spiro atoms. The second kappa shape index (κ2) is 11.1. The highest BCUT2D eigenvalue weighted by atomic mass is 19.1. The van der Waals surface area contributed by atoms with Gasteiger partial charge in [0.05, 0.1) is 47.6 Å². The predicted octanol–water partition coefficient (Wildman–Crippen LogP) is 6.86. The van der Waals surface area contributed by atoms with Crippen molar-refractivity contribution >= 4 is 40.2 Å². The number of hydrogen-bond donors (Lipinski definition) is 1. The zero-order chi connectivity index (χ0) is 28.4. The van der Waals surface area contributed by atoms with Crippen LogP contribution in [0.5, 0.6) is 5.75 Å². The van der Waals surface area contributed by atoms with Crippen LogP contribution in [0.25, 0.3) is 11.1 Å². The molecular weight excluding hydrogens is 512 g/mol. The largest absolute Gasteiger partial charge is 0.506 e. The van der Waals surface area contributed by atoms with Gasteiger partial charge in [0.1, 0.15) is 29.7 Å². The summed E-state index contributed by atoms with van der Waals surface area (Å²) in [6.07, 6.45) is 4.03. The molecule has 0 bridgehead atoms. The molecule has 5 rings (SSSR count). The van der Waals surface area contributed by atoms with E-state index in [0.717, 1.165) is 42.8 Å². The SMILES string of the molecule is CCCC[N+]1=C/C(=C2/C(=O)C(c3ccc(N(CCC#N)c4ccc(F)cc4F)cc3)=C2O)c2cc(OC)ccc21. The van der Waals surface area contributed by atoms with Crippen molar-refractivity contribution in [3.05, 3.63) is 94.8 Å². The van der Waals surface area contributed by atoms with Crippen molar-refractivity contribution in [3.8, 4) is 11.8 Å². The number of anilines is 2. The van der Waals surface area contributed by atoms with Crippen LogP contribution in [0, 0.1) is 23.0 Å². The summed E-state index contributed by atoms with van der Waals surface area (Å²) in [6, 6.07) is 17.7. The molecule has 202 valence electrons. The Balaban J connectivity index is 1.51. The van der Waals surface area contributed by atoms with Crippen LogP contribution in [0.3, 0.4) is 0 Å². The van der Waals surface area contributed by atoms with Crippen molar-refractivity contribution in [1.82, 2.24) is 0 Å². The van der Waals surface area contributed by atoms with E-state index in [-0.39, 0.29) is 41.3 Å².